The summed E-state index contributed by atoms with van der Waals surface area (Å²) in [5.41, 5.74) is 2.78. The fraction of sp³-hybridized carbons (Fsp3) is 0.286. The first kappa shape index (κ1) is 22.0. The van der Waals surface area contributed by atoms with Gasteiger partial charge >= 0.3 is 0 Å². The zero-order valence-corrected chi connectivity index (χ0v) is 18.2. The molecule has 5 heterocycles. The van der Waals surface area contributed by atoms with Crippen molar-refractivity contribution in [3.63, 3.8) is 0 Å². The molecule has 2 N–H and O–H groups in total. The molecular weight excluding hydrogens is 426 g/mol. The van der Waals surface area contributed by atoms with E-state index in [0.717, 1.165) is 0 Å². The number of carbonyl (C=O) groups excluding carboxylic acids is 1. The Morgan fingerprint density at radius 1 is 1.12 bits per heavy atom. The maximum Gasteiger partial charge on any atom is 0.251 e. The van der Waals surface area contributed by atoms with Crippen molar-refractivity contribution in [1.82, 2.24) is 39.8 Å². The zero-order valence-electron chi connectivity index (χ0n) is 18.2. The van der Waals surface area contributed by atoms with E-state index < -0.39 is 6.10 Å². The molecule has 4 aromatic heterocycles. The zero-order chi connectivity index (χ0) is 23.2. The maximum absolute atomic E-state index is 10.6. The van der Waals surface area contributed by atoms with Gasteiger partial charge in [-0.15, -0.1) is 0 Å². The smallest absolute Gasteiger partial charge is 0.251 e. The van der Waals surface area contributed by atoms with Gasteiger partial charge in [-0.1, -0.05) is 11.2 Å². The number of nitrogens with zero attached hydrogens (tertiary/aromatic N) is 8. The van der Waals surface area contributed by atoms with Gasteiger partial charge in [0.1, 0.15) is 24.4 Å². The molecule has 33 heavy (non-hydrogen) atoms. The summed E-state index contributed by atoms with van der Waals surface area (Å²) in [5, 5.41) is 19.9. The summed E-state index contributed by atoms with van der Waals surface area (Å²) in [6, 6.07) is 9.20. The second-order valence-corrected chi connectivity index (χ2v) is 7.15. The molecule has 1 unspecified atom stereocenters. The molecule has 1 aliphatic rings. The molecule has 4 aromatic rings. The van der Waals surface area contributed by atoms with Gasteiger partial charge in [0.2, 0.25) is 11.9 Å². The molecule has 5 rings (SSSR count). The minimum absolute atomic E-state index is 0.148. The number of aryl methyl sites for hydroxylation is 1. The first-order valence-corrected chi connectivity index (χ1v) is 10.3. The van der Waals surface area contributed by atoms with Crippen molar-refractivity contribution in [3.8, 4) is 22.8 Å². The highest BCUT2D eigenvalue weighted by molar-refractivity contribution is 5.82. The van der Waals surface area contributed by atoms with Crippen LogP contribution in [0.15, 0.2) is 53.6 Å². The molecule has 0 spiro atoms. The van der Waals surface area contributed by atoms with Crippen LogP contribution < -0.4 is 5.32 Å². The van der Waals surface area contributed by atoms with E-state index in [1.807, 2.05) is 25.1 Å². The average Bonchev–Trinajstić information content (AvgIpc) is 3.60. The van der Waals surface area contributed by atoms with Gasteiger partial charge in [0.05, 0.1) is 17.1 Å². The molecule has 0 aromatic carbocycles. The van der Waals surface area contributed by atoms with Crippen LogP contribution in [0.2, 0.25) is 0 Å². The number of aliphatic hydroxyl groups excluding tert-OH is 1. The summed E-state index contributed by atoms with van der Waals surface area (Å²) in [4.78, 5) is 29.6. The Morgan fingerprint density at radius 2 is 1.91 bits per heavy atom. The predicted octanol–water partition coefficient (Wildman–Crippen LogP) is 1.76. The number of pyridine rings is 1. The number of rotatable bonds is 5. The molecule has 170 valence electrons. The van der Waals surface area contributed by atoms with Crippen LogP contribution in [0.25, 0.3) is 22.8 Å². The Bertz CT molecular complexity index is 1200. The molecule has 0 aliphatic carbocycles. The second kappa shape index (κ2) is 9.96. The first-order chi connectivity index (χ1) is 16.0. The fourth-order valence-electron chi connectivity index (χ4n) is 3.12. The van der Waals surface area contributed by atoms with E-state index in [1.165, 1.54) is 17.5 Å². The molecule has 12 heteroatoms. The molecule has 1 amide bonds. The van der Waals surface area contributed by atoms with E-state index in [9.17, 15) is 4.79 Å². The number of hydrogen-bond donors (Lipinski definition) is 2. The number of aliphatic hydroxyl groups is 1. The standard InChI is InChI=1S/C16H14N8O.C5H9NO2/c1-2-24-16(18-10-19-24)22-15-17-8-6-13(21-15)11-4-3-5-12(20-11)14-7-9-25-23-14;1-6-3-2-4(7)5(6)8/h3-10H,2H2,1H3,(H,17,18,19,21,22);4,7H,2-3H2,1H3. The Kier molecular flexibility index (Phi) is 6.64. The van der Waals surface area contributed by atoms with E-state index in [-0.39, 0.29) is 5.91 Å². The van der Waals surface area contributed by atoms with Gasteiger partial charge in [-0.25, -0.2) is 19.6 Å². The number of amides is 1. The molecule has 1 atom stereocenters. The van der Waals surface area contributed by atoms with Crippen LogP contribution in [-0.4, -0.2) is 70.5 Å². The number of nitrogens with one attached hydrogen (secondary N) is 1. The average molecular weight is 449 g/mol. The lowest BCUT2D eigenvalue weighted by atomic mass is 10.2. The highest BCUT2D eigenvalue weighted by Gasteiger charge is 2.26. The normalized spacial score (nSPS) is 15.3. The molecule has 1 aliphatic heterocycles. The van der Waals surface area contributed by atoms with Crippen LogP contribution in [0.1, 0.15) is 13.3 Å². The molecule has 0 saturated carbocycles. The van der Waals surface area contributed by atoms with Crippen LogP contribution in [0.3, 0.4) is 0 Å². The molecule has 1 fully saturated rings. The highest BCUT2D eigenvalue weighted by atomic mass is 16.5. The number of anilines is 2. The molecule has 0 radical (unpaired) electrons. The third-order valence-electron chi connectivity index (χ3n) is 4.91. The van der Waals surface area contributed by atoms with Crippen LogP contribution in [-0.2, 0) is 11.3 Å². The fourth-order valence-corrected chi connectivity index (χ4v) is 3.12. The maximum atomic E-state index is 10.6. The van der Waals surface area contributed by atoms with Crippen molar-refractivity contribution < 1.29 is 14.4 Å². The number of likely N-dealkylation sites (tertiary alicyclic amines) is 1. The number of likely N-dealkylation sites (N-methyl/N-ethyl adjacent to an activating group) is 1. The van der Waals surface area contributed by atoms with Gasteiger partial charge in [0.25, 0.3) is 5.91 Å². The first-order valence-electron chi connectivity index (χ1n) is 10.3. The topological polar surface area (TPSA) is 148 Å². The second-order valence-electron chi connectivity index (χ2n) is 7.15. The Labute approximate surface area is 189 Å². The summed E-state index contributed by atoms with van der Waals surface area (Å²) < 4.78 is 6.60. The van der Waals surface area contributed by atoms with Crippen LogP contribution in [0, 0.1) is 0 Å². The van der Waals surface area contributed by atoms with Crippen LogP contribution in [0.5, 0.6) is 0 Å². The third kappa shape index (κ3) is 5.18. The van der Waals surface area contributed by atoms with Gasteiger partial charge in [-0.2, -0.15) is 10.1 Å². The van der Waals surface area contributed by atoms with Gasteiger partial charge in [-0.3, -0.25) is 10.1 Å². The van der Waals surface area contributed by atoms with Crippen molar-refractivity contribution in [3.05, 3.63) is 49.1 Å². The van der Waals surface area contributed by atoms with Crippen LogP contribution >= 0.6 is 0 Å². The number of aromatic nitrogens is 7. The van der Waals surface area contributed by atoms with E-state index in [1.54, 1.807) is 30.1 Å². The minimum Gasteiger partial charge on any atom is -0.383 e. The summed E-state index contributed by atoms with van der Waals surface area (Å²) >= 11 is 0. The molecule has 0 bridgehead atoms. The van der Waals surface area contributed by atoms with Crippen molar-refractivity contribution in [2.75, 3.05) is 18.9 Å². The van der Waals surface area contributed by atoms with E-state index in [2.05, 4.69) is 35.5 Å². The van der Waals surface area contributed by atoms with E-state index in [4.69, 9.17) is 9.63 Å². The van der Waals surface area contributed by atoms with E-state index >= 15 is 0 Å². The Morgan fingerprint density at radius 3 is 2.55 bits per heavy atom. The summed E-state index contributed by atoms with van der Waals surface area (Å²) in [5.74, 6) is 0.864. The largest absolute Gasteiger partial charge is 0.383 e. The Hall–Kier alpha value is -4.19. The molecule has 1 saturated heterocycles. The number of carbonyl (C=O) groups is 1. The SMILES string of the molecule is CCn1ncnc1Nc1nccc(-c2cccc(-c3ccon3)n2)n1.CN1CCC(O)C1=O. The van der Waals surface area contributed by atoms with Crippen molar-refractivity contribution in [2.24, 2.45) is 0 Å². The van der Waals surface area contributed by atoms with E-state index in [0.29, 0.717) is 54.2 Å². The van der Waals surface area contributed by atoms with Gasteiger partial charge < -0.3 is 14.5 Å². The van der Waals surface area contributed by atoms with Gasteiger partial charge in [0, 0.05) is 32.4 Å². The lowest BCUT2D eigenvalue weighted by Gasteiger charge is -2.07. The monoisotopic (exact) mass is 449 g/mol. The van der Waals surface area contributed by atoms with Crippen molar-refractivity contribution in [1.29, 1.82) is 0 Å². The lowest BCUT2D eigenvalue weighted by molar-refractivity contribution is -0.133. The quantitative estimate of drug-likeness (QED) is 0.461. The molecule has 12 nitrogen and oxygen atoms in total. The van der Waals surface area contributed by atoms with Crippen LogP contribution in [0.4, 0.5) is 11.9 Å². The molecular formula is C21H23N9O3. The Balaban J connectivity index is 0.000000275. The van der Waals surface area contributed by atoms with Crippen molar-refractivity contribution >= 4 is 17.8 Å². The van der Waals surface area contributed by atoms with Gasteiger partial charge in [-0.05, 0) is 31.5 Å². The van der Waals surface area contributed by atoms with Gasteiger partial charge in [0.15, 0.2) is 0 Å². The lowest BCUT2D eigenvalue weighted by Crippen LogP contribution is -2.24. The predicted molar refractivity (Wildman–Crippen MR) is 118 cm³/mol. The minimum atomic E-state index is -0.722. The summed E-state index contributed by atoms with van der Waals surface area (Å²) in [6.45, 7) is 3.37. The highest BCUT2D eigenvalue weighted by Crippen LogP contribution is 2.21. The summed E-state index contributed by atoms with van der Waals surface area (Å²) in [6.07, 6.45) is 4.54. The van der Waals surface area contributed by atoms with Crippen molar-refractivity contribution in [2.45, 2.75) is 26.0 Å². The summed E-state index contributed by atoms with van der Waals surface area (Å²) in [7, 11) is 1.69. The number of hydrogen-bond acceptors (Lipinski definition) is 10. The third-order valence-corrected chi connectivity index (χ3v) is 4.91.